The minimum Gasteiger partial charge on any atom is -0.478 e. The van der Waals surface area contributed by atoms with Crippen molar-refractivity contribution in [1.29, 1.82) is 10.5 Å². The van der Waals surface area contributed by atoms with Crippen molar-refractivity contribution in [1.82, 2.24) is 19.5 Å². The first-order valence-corrected chi connectivity index (χ1v) is 13.9. The number of ether oxygens (including phenoxy) is 1. The summed E-state index contributed by atoms with van der Waals surface area (Å²) in [5.41, 5.74) is 1.08. The van der Waals surface area contributed by atoms with E-state index in [1.807, 2.05) is 6.07 Å². The van der Waals surface area contributed by atoms with E-state index in [1.54, 1.807) is 10.6 Å². The number of carbonyl (C=O) groups is 1. The lowest BCUT2D eigenvalue weighted by Crippen LogP contribution is -2.14. The number of rotatable bonds is 10. The number of carboxylic acid groups (broad SMARTS) is 1. The van der Waals surface area contributed by atoms with E-state index in [2.05, 4.69) is 21.0 Å². The molecule has 1 fully saturated rings. The number of nitriles is 2. The molecule has 0 amide bonds. The third kappa shape index (κ3) is 6.04. The first-order valence-electron chi connectivity index (χ1n) is 13.9. The topological polar surface area (TPSA) is 138 Å². The molecule has 224 valence electrons. The molecular weight excluding hydrogens is 585 g/mol. The maximum atomic E-state index is 15.5. The second kappa shape index (κ2) is 11.7. The van der Waals surface area contributed by atoms with Crippen molar-refractivity contribution < 1.29 is 27.8 Å². The predicted molar refractivity (Wildman–Crippen MR) is 154 cm³/mol. The van der Waals surface area contributed by atoms with Gasteiger partial charge in [-0.3, -0.25) is 0 Å². The molecule has 3 aromatic carbocycles. The number of carboxylic acids is 1. The average molecular weight is 609 g/mol. The van der Waals surface area contributed by atoms with Crippen molar-refractivity contribution >= 4 is 17.0 Å². The fourth-order valence-electron chi connectivity index (χ4n) is 5.23. The summed E-state index contributed by atoms with van der Waals surface area (Å²) in [6.45, 7) is 0.152. The largest absolute Gasteiger partial charge is 0.478 e. The van der Waals surface area contributed by atoms with Gasteiger partial charge in [0, 0.05) is 42.1 Å². The number of benzene rings is 3. The number of fused-ring (bicyclic) bond motifs is 1. The van der Waals surface area contributed by atoms with Crippen LogP contribution in [0.15, 0.2) is 60.8 Å². The Morgan fingerprint density at radius 2 is 1.82 bits per heavy atom. The third-order valence-corrected chi connectivity index (χ3v) is 7.88. The summed E-state index contributed by atoms with van der Waals surface area (Å²) in [5, 5.41) is 27.7. The first-order chi connectivity index (χ1) is 21.7. The molecule has 45 heavy (non-hydrogen) atoms. The second-order valence-corrected chi connectivity index (χ2v) is 11.0. The van der Waals surface area contributed by atoms with Crippen molar-refractivity contribution in [2.45, 2.75) is 38.8 Å². The Morgan fingerprint density at radius 1 is 1.00 bits per heavy atom. The highest BCUT2D eigenvalue weighted by Crippen LogP contribution is 2.50. The monoisotopic (exact) mass is 608 g/mol. The van der Waals surface area contributed by atoms with Gasteiger partial charge in [0.1, 0.15) is 29.6 Å². The molecule has 0 aliphatic heterocycles. The molecule has 9 nitrogen and oxygen atoms in total. The maximum absolute atomic E-state index is 15.5. The molecule has 2 heterocycles. The van der Waals surface area contributed by atoms with Gasteiger partial charge in [-0.2, -0.15) is 15.5 Å². The van der Waals surface area contributed by atoms with Crippen molar-refractivity contribution in [2.75, 3.05) is 0 Å². The van der Waals surface area contributed by atoms with Gasteiger partial charge in [0.15, 0.2) is 5.82 Å². The molecule has 0 unspecified atom stereocenters. The minimum atomic E-state index is -1.28. The molecule has 1 aliphatic carbocycles. The van der Waals surface area contributed by atoms with Crippen LogP contribution < -0.4 is 4.74 Å². The summed E-state index contributed by atoms with van der Waals surface area (Å²) >= 11 is 0. The summed E-state index contributed by atoms with van der Waals surface area (Å²) in [5.74, 6) is -2.85. The number of halogens is 3. The van der Waals surface area contributed by atoms with E-state index >= 15 is 4.39 Å². The third-order valence-electron chi connectivity index (χ3n) is 7.88. The van der Waals surface area contributed by atoms with Crippen LogP contribution in [-0.4, -0.2) is 30.6 Å². The van der Waals surface area contributed by atoms with Gasteiger partial charge in [0.25, 0.3) is 0 Å². The fourth-order valence-corrected chi connectivity index (χ4v) is 5.23. The standard InChI is InChI=1S/C33H23F3N6O3/c34-24-12-20(16-38)1-3-21(24)17-45-32-39-10-5-27(40-32)23-4-2-19(11-25(23)35)13-29-41-30-26(36)14-22(31(43)44)15-28(30)42(29)18-33(6-7-33)8-9-37/h1-5,10-12,14-15H,6-8,13,17-18H2,(H,43,44). The van der Waals surface area contributed by atoms with Gasteiger partial charge < -0.3 is 14.4 Å². The van der Waals surface area contributed by atoms with Crippen LogP contribution >= 0.6 is 0 Å². The van der Waals surface area contributed by atoms with Crippen LogP contribution in [0.1, 0.15) is 52.1 Å². The smallest absolute Gasteiger partial charge is 0.335 e. The molecule has 0 bridgehead atoms. The Hall–Kier alpha value is -5.75. The second-order valence-electron chi connectivity index (χ2n) is 11.0. The number of nitrogens with zero attached hydrogens (tertiary/aromatic N) is 6. The summed E-state index contributed by atoms with van der Waals surface area (Å²) < 4.78 is 51.9. The molecule has 1 N–H and O–H groups in total. The number of aromatic carboxylic acids is 1. The molecule has 0 saturated heterocycles. The van der Waals surface area contributed by atoms with Gasteiger partial charge in [0.2, 0.25) is 0 Å². The Balaban J connectivity index is 1.27. The lowest BCUT2D eigenvalue weighted by atomic mass is 10.0. The SMILES string of the molecule is N#CCC1(Cn2c(Cc3ccc(-c4ccnc(OCc5ccc(C#N)cc5F)n4)c(F)c3)nc3c(F)cc(C(=O)O)cc32)CC1. The van der Waals surface area contributed by atoms with E-state index in [4.69, 9.17) is 10.00 Å². The summed E-state index contributed by atoms with van der Waals surface area (Å²) in [6.07, 6.45) is 3.40. The van der Waals surface area contributed by atoms with Crippen LogP contribution in [0.4, 0.5) is 13.2 Å². The van der Waals surface area contributed by atoms with Gasteiger partial charge in [0.05, 0.1) is 34.5 Å². The van der Waals surface area contributed by atoms with Crippen LogP contribution in [0.5, 0.6) is 6.01 Å². The van der Waals surface area contributed by atoms with E-state index in [-0.39, 0.29) is 57.9 Å². The van der Waals surface area contributed by atoms with Gasteiger partial charge in [-0.25, -0.2) is 27.9 Å². The van der Waals surface area contributed by atoms with E-state index in [0.717, 1.165) is 25.0 Å². The molecule has 1 saturated carbocycles. The normalized spacial score (nSPS) is 13.3. The van der Waals surface area contributed by atoms with Gasteiger partial charge >= 0.3 is 12.0 Å². The highest BCUT2D eigenvalue weighted by Gasteiger charge is 2.43. The summed E-state index contributed by atoms with van der Waals surface area (Å²) in [6, 6.07) is 16.3. The zero-order valence-electron chi connectivity index (χ0n) is 23.6. The van der Waals surface area contributed by atoms with Gasteiger partial charge in [-0.05, 0) is 60.9 Å². The van der Waals surface area contributed by atoms with E-state index in [9.17, 15) is 23.9 Å². The molecule has 0 spiro atoms. The first kappa shape index (κ1) is 29.3. The zero-order valence-corrected chi connectivity index (χ0v) is 23.6. The molecule has 0 atom stereocenters. The Kier molecular flexibility index (Phi) is 7.65. The number of aromatic nitrogens is 4. The molecule has 1 aliphatic rings. The lowest BCUT2D eigenvalue weighted by Gasteiger charge is -2.16. The zero-order chi connectivity index (χ0) is 31.7. The molecule has 12 heteroatoms. The van der Waals surface area contributed by atoms with Crippen molar-refractivity contribution in [3.8, 4) is 29.4 Å². The Bertz CT molecular complexity index is 2060. The quantitative estimate of drug-likeness (QED) is 0.194. The number of hydrogen-bond acceptors (Lipinski definition) is 7. The lowest BCUT2D eigenvalue weighted by molar-refractivity contribution is 0.0696. The van der Waals surface area contributed by atoms with Crippen LogP contribution in [-0.2, 0) is 19.6 Å². The molecule has 2 aromatic heterocycles. The van der Waals surface area contributed by atoms with E-state index in [1.165, 1.54) is 42.6 Å². The van der Waals surface area contributed by atoms with Crippen molar-refractivity contribution in [3.63, 3.8) is 0 Å². The van der Waals surface area contributed by atoms with Crippen molar-refractivity contribution in [3.05, 3.63) is 106 Å². The van der Waals surface area contributed by atoms with Crippen LogP contribution in [0, 0.1) is 45.5 Å². The minimum absolute atomic E-state index is 0.00857. The van der Waals surface area contributed by atoms with Crippen LogP contribution in [0.3, 0.4) is 0 Å². The predicted octanol–water partition coefficient (Wildman–Crippen LogP) is 6.34. The van der Waals surface area contributed by atoms with Gasteiger partial charge in [-0.15, -0.1) is 0 Å². The Morgan fingerprint density at radius 3 is 2.51 bits per heavy atom. The molecular formula is C33H23F3N6O3. The molecule has 6 rings (SSSR count). The van der Waals surface area contributed by atoms with Gasteiger partial charge in [-0.1, -0.05) is 12.1 Å². The van der Waals surface area contributed by atoms with Crippen LogP contribution in [0.2, 0.25) is 0 Å². The maximum Gasteiger partial charge on any atom is 0.335 e. The highest BCUT2D eigenvalue weighted by atomic mass is 19.1. The fraction of sp³-hybridized carbons (Fsp3) is 0.212. The van der Waals surface area contributed by atoms with Crippen molar-refractivity contribution in [2.24, 2.45) is 5.41 Å². The number of hydrogen-bond donors (Lipinski definition) is 1. The summed E-state index contributed by atoms with van der Waals surface area (Å²) in [7, 11) is 0. The Labute approximate surface area is 254 Å². The number of imidazole rings is 1. The van der Waals surface area contributed by atoms with E-state index < -0.39 is 23.4 Å². The highest BCUT2D eigenvalue weighted by molar-refractivity contribution is 5.92. The molecule has 0 radical (unpaired) electrons. The van der Waals surface area contributed by atoms with Crippen LogP contribution in [0.25, 0.3) is 22.3 Å². The summed E-state index contributed by atoms with van der Waals surface area (Å²) in [4.78, 5) is 24.4. The van der Waals surface area contributed by atoms with E-state index in [0.29, 0.717) is 29.9 Å². The molecule has 5 aromatic rings. The average Bonchev–Trinajstić information content (AvgIpc) is 3.70.